The predicted molar refractivity (Wildman–Crippen MR) is 87.6 cm³/mol. The molecule has 2 aliphatic rings. The lowest BCUT2D eigenvalue weighted by atomic mass is 10.0. The topological polar surface area (TPSA) is 36.4 Å². The van der Waals surface area contributed by atoms with Crippen molar-refractivity contribution < 1.29 is 4.79 Å². The van der Waals surface area contributed by atoms with Gasteiger partial charge in [-0.25, -0.2) is 4.98 Å². The van der Waals surface area contributed by atoms with E-state index in [0.717, 1.165) is 47.7 Å². The summed E-state index contributed by atoms with van der Waals surface area (Å²) in [6.07, 6.45) is 2.78. The summed E-state index contributed by atoms with van der Waals surface area (Å²) in [6.45, 7) is 5.97. The van der Waals surface area contributed by atoms with Crippen LogP contribution in [-0.4, -0.2) is 30.0 Å². The summed E-state index contributed by atoms with van der Waals surface area (Å²) in [5.41, 5.74) is 4.08. The Kier molecular flexibility index (Phi) is 2.93. The smallest absolute Gasteiger partial charge is 0.259 e. The summed E-state index contributed by atoms with van der Waals surface area (Å²) in [6, 6.07) is 10.3. The lowest BCUT2D eigenvalue weighted by Gasteiger charge is -2.35. The van der Waals surface area contributed by atoms with E-state index in [1.807, 2.05) is 36.9 Å². The summed E-state index contributed by atoms with van der Waals surface area (Å²) in [7, 11) is 0. The lowest BCUT2D eigenvalue weighted by molar-refractivity contribution is 0.0977. The first-order chi connectivity index (χ1) is 10.6. The van der Waals surface area contributed by atoms with Crippen LogP contribution in [-0.2, 0) is 0 Å². The molecule has 2 aromatic rings. The van der Waals surface area contributed by atoms with Gasteiger partial charge in [-0.3, -0.25) is 9.69 Å². The third-order valence-corrected chi connectivity index (χ3v) is 4.55. The Bertz CT molecular complexity index is 735. The van der Waals surface area contributed by atoms with Gasteiger partial charge in [-0.05, 0) is 44.5 Å². The molecule has 2 bridgehead atoms. The second-order valence-electron chi connectivity index (χ2n) is 6.29. The second-order valence-corrected chi connectivity index (χ2v) is 6.29. The number of fused-ring (bicyclic) bond motifs is 4. The highest BCUT2D eigenvalue weighted by Gasteiger charge is 2.40. The molecule has 4 heteroatoms. The minimum Gasteiger partial charge on any atom is -0.366 e. The molecule has 0 N–H and O–H groups in total. The van der Waals surface area contributed by atoms with Gasteiger partial charge >= 0.3 is 0 Å². The maximum atomic E-state index is 13.1. The molecule has 0 aliphatic carbocycles. The molecule has 1 fully saturated rings. The van der Waals surface area contributed by atoms with E-state index < -0.39 is 0 Å². The summed E-state index contributed by atoms with van der Waals surface area (Å²) < 4.78 is 0. The second kappa shape index (κ2) is 4.83. The number of hydrogen-bond acceptors (Lipinski definition) is 3. The monoisotopic (exact) mass is 293 g/mol. The van der Waals surface area contributed by atoms with Crippen LogP contribution in [0.25, 0.3) is 0 Å². The highest BCUT2D eigenvalue weighted by Crippen LogP contribution is 2.38. The number of anilines is 2. The Morgan fingerprint density at radius 2 is 2.00 bits per heavy atom. The number of rotatable bonds is 1. The average Bonchev–Trinajstić information content (AvgIpc) is 2.91. The van der Waals surface area contributed by atoms with Gasteiger partial charge < -0.3 is 4.90 Å². The lowest BCUT2D eigenvalue weighted by Crippen LogP contribution is -2.46. The first-order valence-electron chi connectivity index (χ1n) is 7.75. The van der Waals surface area contributed by atoms with Crippen molar-refractivity contribution in [3.8, 4) is 0 Å². The van der Waals surface area contributed by atoms with Gasteiger partial charge in [-0.2, -0.15) is 0 Å². The van der Waals surface area contributed by atoms with Crippen molar-refractivity contribution in [3.05, 3.63) is 53.2 Å². The number of aryl methyl sites for hydroxylation is 2. The van der Waals surface area contributed by atoms with Crippen molar-refractivity contribution in [2.75, 3.05) is 22.9 Å². The zero-order chi connectivity index (χ0) is 15.3. The maximum absolute atomic E-state index is 13.1. The van der Waals surface area contributed by atoms with Crippen LogP contribution in [0.4, 0.5) is 11.5 Å². The highest BCUT2D eigenvalue weighted by molar-refractivity contribution is 6.08. The number of nitrogens with zero attached hydrogens (tertiary/aromatic N) is 3. The number of hydrogen-bond donors (Lipinski definition) is 0. The van der Waals surface area contributed by atoms with E-state index in [4.69, 9.17) is 0 Å². The van der Waals surface area contributed by atoms with E-state index >= 15 is 0 Å². The highest BCUT2D eigenvalue weighted by atomic mass is 16.2. The molecule has 1 saturated heterocycles. The number of pyridine rings is 1. The SMILES string of the molecule is Cc1cc(C)cc(C(=O)N2c3ncccc3N3CCC2C3)c1. The van der Waals surface area contributed by atoms with Crippen LogP contribution in [0.3, 0.4) is 0 Å². The fourth-order valence-corrected chi connectivity index (χ4v) is 3.66. The molecule has 4 nitrogen and oxygen atoms in total. The van der Waals surface area contributed by atoms with Crippen molar-refractivity contribution in [2.45, 2.75) is 26.3 Å². The zero-order valence-corrected chi connectivity index (χ0v) is 12.9. The van der Waals surface area contributed by atoms with Crippen LogP contribution >= 0.6 is 0 Å². The third kappa shape index (κ3) is 1.98. The number of aromatic nitrogens is 1. The maximum Gasteiger partial charge on any atom is 0.259 e. The molecule has 0 radical (unpaired) electrons. The van der Waals surface area contributed by atoms with E-state index in [-0.39, 0.29) is 11.9 Å². The van der Waals surface area contributed by atoms with Crippen molar-refractivity contribution in [3.63, 3.8) is 0 Å². The van der Waals surface area contributed by atoms with Gasteiger partial charge in [-0.15, -0.1) is 0 Å². The molecule has 2 aliphatic heterocycles. The molecule has 1 amide bonds. The molecule has 0 saturated carbocycles. The number of carbonyl (C=O) groups excluding carboxylic acids is 1. The fraction of sp³-hybridized carbons (Fsp3) is 0.333. The predicted octanol–water partition coefficient (Wildman–Crippen LogP) is 2.94. The number of carbonyl (C=O) groups is 1. The molecule has 0 spiro atoms. The van der Waals surface area contributed by atoms with Gasteiger partial charge in [0.25, 0.3) is 5.91 Å². The summed E-state index contributed by atoms with van der Waals surface area (Å²) >= 11 is 0. The van der Waals surface area contributed by atoms with Gasteiger partial charge in [0.2, 0.25) is 0 Å². The molecule has 1 aromatic carbocycles. The first-order valence-corrected chi connectivity index (χ1v) is 7.75. The molecule has 4 rings (SSSR count). The Labute approximate surface area is 130 Å². The van der Waals surface area contributed by atoms with Crippen LogP contribution in [0.5, 0.6) is 0 Å². The fourth-order valence-electron chi connectivity index (χ4n) is 3.66. The van der Waals surface area contributed by atoms with Crippen LogP contribution < -0.4 is 9.80 Å². The molecule has 22 heavy (non-hydrogen) atoms. The largest absolute Gasteiger partial charge is 0.366 e. The quantitative estimate of drug-likeness (QED) is 0.811. The van der Waals surface area contributed by atoms with E-state index in [0.29, 0.717) is 0 Å². The molecular weight excluding hydrogens is 274 g/mol. The molecule has 1 unspecified atom stereocenters. The van der Waals surface area contributed by atoms with Crippen LogP contribution in [0, 0.1) is 13.8 Å². The van der Waals surface area contributed by atoms with Crippen LogP contribution in [0.1, 0.15) is 27.9 Å². The first kappa shape index (κ1) is 13.3. The number of benzene rings is 1. The normalized spacial score (nSPS) is 19.3. The van der Waals surface area contributed by atoms with E-state index in [2.05, 4.69) is 22.0 Å². The van der Waals surface area contributed by atoms with Crippen LogP contribution in [0.15, 0.2) is 36.5 Å². The molecule has 112 valence electrons. The molecular formula is C18H19N3O. The van der Waals surface area contributed by atoms with Gasteiger partial charge in [0.1, 0.15) is 0 Å². The molecule has 3 heterocycles. The Morgan fingerprint density at radius 1 is 1.23 bits per heavy atom. The standard InChI is InChI=1S/C18H19N3O/c1-12-8-13(2)10-14(9-12)18(22)21-15-5-7-20(11-15)16-4-3-6-19-17(16)21/h3-4,6,8-10,15H,5,7,11H2,1-2H3. The summed E-state index contributed by atoms with van der Waals surface area (Å²) in [5.74, 6) is 0.874. The van der Waals surface area contributed by atoms with Gasteiger partial charge in [-0.1, -0.05) is 17.2 Å². The van der Waals surface area contributed by atoms with Gasteiger partial charge in [0.15, 0.2) is 5.82 Å². The van der Waals surface area contributed by atoms with Crippen molar-refractivity contribution in [1.82, 2.24) is 4.98 Å². The van der Waals surface area contributed by atoms with E-state index in [1.54, 1.807) is 6.20 Å². The summed E-state index contributed by atoms with van der Waals surface area (Å²) in [5, 5.41) is 0. The average molecular weight is 293 g/mol. The Balaban J connectivity index is 1.80. The molecule has 1 aromatic heterocycles. The summed E-state index contributed by atoms with van der Waals surface area (Å²) in [4.78, 5) is 21.9. The molecule has 1 atom stereocenters. The van der Waals surface area contributed by atoms with Crippen molar-refractivity contribution in [2.24, 2.45) is 0 Å². The minimum atomic E-state index is 0.0679. The van der Waals surface area contributed by atoms with Crippen molar-refractivity contribution >= 4 is 17.4 Å². The minimum absolute atomic E-state index is 0.0679. The van der Waals surface area contributed by atoms with Gasteiger partial charge in [0, 0.05) is 24.8 Å². The third-order valence-electron chi connectivity index (χ3n) is 4.55. The zero-order valence-electron chi connectivity index (χ0n) is 12.9. The van der Waals surface area contributed by atoms with Crippen molar-refractivity contribution in [1.29, 1.82) is 0 Å². The van der Waals surface area contributed by atoms with E-state index in [9.17, 15) is 4.79 Å². The Morgan fingerprint density at radius 3 is 2.77 bits per heavy atom. The Hall–Kier alpha value is -2.36. The number of amides is 1. The van der Waals surface area contributed by atoms with E-state index in [1.165, 1.54) is 0 Å². The van der Waals surface area contributed by atoms with Crippen LogP contribution in [0.2, 0.25) is 0 Å². The van der Waals surface area contributed by atoms with Gasteiger partial charge in [0.05, 0.1) is 11.7 Å².